The molecule has 1 aliphatic heterocycles. The number of nitrogens with zero attached hydrogens (tertiary/aromatic N) is 1. The first-order valence-electron chi connectivity index (χ1n) is 7.88. The molecule has 1 atom stereocenters. The third-order valence-electron chi connectivity index (χ3n) is 4.65. The molecule has 1 aromatic heterocycles. The Morgan fingerprint density at radius 1 is 1.32 bits per heavy atom. The second-order valence-corrected chi connectivity index (χ2v) is 7.03. The second kappa shape index (κ2) is 5.39. The van der Waals surface area contributed by atoms with E-state index < -0.39 is 0 Å². The van der Waals surface area contributed by atoms with Gasteiger partial charge in [0.15, 0.2) is 5.13 Å². The lowest BCUT2D eigenvalue weighted by Crippen LogP contribution is -2.13. The summed E-state index contributed by atoms with van der Waals surface area (Å²) in [5.74, 6) is -0.00122. The number of carbonyl (C=O) groups is 1. The minimum Gasteiger partial charge on any atom is -0.359 e. The molecule has 2 aromatic rings. The van der Waals surface area contributed by atoms with E-state index in [0.29, 0.717) is 6.04 Å². The number of amides is 1. The summed E-state index contributed by atoms with van der Waals surface area (Å²) in [4.78, 5) is 16.5. The molecule has 1 saturated carbocycles. The topological polar surface area (TPSA) is 54.0 Å². The van der Waals surface area contributed by atoms with Gasteiger partial charge in [-0.25, -0.2) is 4.98 Å². The van der Waals surface area contributed by atoms with Crippen LogP contribution in [-0.2, 0) is 4.79 Å². The van der Waals surface area contributed by atoms with Crippen LogP contribution in [0.2, 0.25) is 0 Å². The molecule has 0 saturated heterocycles. The number of hydrogen-bond donors (Lipinski definition) is 2. The number of anilines is 2. The molecule has 1 aromatic carbocycles. The average Bonchev–Trinajstić information content (AvgIpc) is 3.23. The van der Waals surface area contributed by atoms with Gasteiger partial charge in [0.05, 0.1) is 11.6 Å². The molecule has 2 N–H and O–H groups in total. The lowest BCUT2D eigenvalue weighted by molar-refractivity contribution is -0.116. The summed E-state index contributed by atoms with van der Waals surface area (Å²) in [6.45, 7) is 1.94. The van der Waals surface area contributed by atoms with Crippen molar-refractivity contribution in [3.63, 3.8) is 0 Å². The fourth-order valence-corrected chi connectivity index (χ4v) is 4.09. The number of nitrogens with one attached hydrogen (secondary N) is 2. The fraction of sp³-hybridized carbons (Fsp3) is 0.412. The Bertz CT molecular complexity index is 718. The highest BCUT2D eigenvalue weighted by Crippen LogP contribution is 2.36. The first-order valence-corrected chi connectivity index (χ1v) is 8.76. The Kier molecular flexibility index (Phi) is 3.37. The molecule has 2 aliphatic rings. The number of rotatable bonds is 3. The van der Waals surface area contributed by atoms with Gasteiger partial charge in [-0.1, -0.05) is 18.9 Å². The van der Waals surface area contributed by atoms with Crippen molar-refractivity contribution in [1.82, 2.24) is 4.98 Å². The zero-order chi connectivity index (χ0) is 15.1. The van der Waals surface area contributed by atoms with Crippen LogP contribution in [0.5, 0.6) is 0 Å². The number of thiazole rings is 1. The van der Waals surface area contributed by atoms with Crippen molar-refractivity contribution in [2.24, 2.45) is 0 Å². The fourth-order valence-electron chi connectivity index (χ4n) is 3.29. The third kappa shape index (κ3) is 2.39. The van der Waals surface area contributed by atoms with Crippen LogP contribution >= 0.6 is 11.3 Å². The highest BCUT2D eigenvalue weighted by Gasteiger charge is 2.26. The van der Waals surface area contributed by atoms with Gasteiger partial charge in [0.25, 0.3) is 0 Å². The molecule has 22 heavy (non-hydrogen) atoms. The summed E-state index contributed by atoms with van der Waals surface area (Å²) in [6.07, 6.45) is 5.14. The molecule has 0 radical (unpaired) electrons. The number of benzene rings is 1. The SMILES string of the molecule is C[C@H]1C(=O)Nc2ccc(-c3csc(NC4CCCC4)n3)cc21. The highest BCUT2D eigenvalue weighted by atomic mass is 32.1. The van der Waals surface area contributed by atoms with E-state index in [0.717, 1.165) is 27.6 Å². The van der Waals surface area contributed by atoms with Crippen LogP contribution in [0.3, 0.4) is 0 Å². The zero-order valence-electron chi connectivity index (χ0n) is 12.6. The van der Waals surface area contributed by atoms with Gasteiger partial charge in [0, 0.05) is 22.7 Å². The van der Waals surface area contributed by atoms with Crippen LogP contribution in [-0.4, -0.2) is 16.9 Å². The summed E-state index contributed by atoms with van der Waals surface area (Å²) >= 11 is 1.66. The maximum absolute atomic E-state index is 11.7. The Morgan fingerprint density at radius 3 is 2.95 bits per heavy atom. The number of hydrogen-bond acceptors (Lipinski definition) is 4. The maximum Gasteiger partial charge on any atom is 0.231 e. The Morgan fingerprint density at radius 2 is 2.14 bits per heavy atom. The van der Waals surface area contributed by atoms with Gasteiger partial charge in [0.1, 0.15) is 0 Å². The molecule has 0 spiro atoms. The Hall–Kier alpha value is -1.88. The predicted octanol–water partition coefficient (Wildman–Crippen LogP) is 4.22. The van der Waals surface area contributed by atoms with Gasteiger partial charge in [-0.3, -0.25) is 4.79 Å². The summed E-state index contributed by atoms with van der Waals surface area (Å²) in [6, 6.07) is 6.69. The first kappa shape index (κ1) is 13.8. The van der Waals surface area contributed by atoms with E-state index in [9.17, 15) is 4.79 Å². The van der Waals surface area contributed by atoms with Crippen LogP contribution in [0.4, 0.5) is 10.8 Å². The standard InChI is InChI=1S/C17H19N3OS/c1-10-13-8-11(6-7-14(13)19-16(10)21)15-9-22-17(20-15)18-12-4-2-3-5-12/h6-10,12H,2-5H2,1H3,(H,18,20)(H,19,21)/t10-/m1/s1. The second-order valence-electron chi connectivity index (χ2n) is 6.18. The summed E-state index contributed by atoms with van der Waals surface area (Å²) in [5, 5.41) is 9.55. The molecular weight excluding hydrogens is 294 g/mol. The molecule has 0 bridgehead atoms. The molecule has 114 valence electrons. The van der Waals surface area contributed by atoms with Gasteiger partial charge in [-0.2, -0.15) is 0 Å². The smallest absolute Gasteiger partial charge is 0.231 e. The predicted molar refractivity (Wildman–Crippen MR) is 90.5 cm³/mol. The van der Waals surface area contributed by atoms with Crippen molar-refractivity contribution < 1.29 is 4.79 Å². The largest absolute Gasteiger partial charge is 0.359 e. The molecule has 1 fully saturated rings. The van der Waals surface area contributed by atoms with Gasteiger partial charge >= 0.3 is 0 Å². The summed E-state index contributed by atoms with van der Waals surface area (Å²) in [7, 11) is 0. The molecule has 1 aliphatic carbocycles. The quantitative estimate of drug-likeness (QED) is 0.892. The molecule has 2 heterocycles. The van der Waals surface area contributed by atoms with E-state index in [-0.39, 0.29) is 11.8 Å². The lowest BCUT2D eigenvalue weighted by Gasteiger charge is -2.09. The van der Waals surface area contributed by atoms with Crippen molar-refractivity contribution in [3.8, 4) is 11.3 Å². The van der Waals surface area contributed by atoms with Gasteiger partial charge < -0.3 is 10.6 Å². The van der Waals surface area contributed by atoms with E-state index in [1.807, 2.05) is 19.1 Å². The Balaban J connectivity index is 1.58. The molecule has 0 unspecified atom stereocenters. The molecule has 4 nitrogen and oxygen atoms in total. The first-order chi connectivity index (χ1) is 10.7. The minimum absolute atomic E-state index is 0.0778. The number of carbonyl (C=O) groups excluding carboxylic acids is 1. The van der Waals surface area contributed by atoms with Crippen LogP contribution in [0.25, 0.3) is 11.3 Å². The van der Waals surface area contributed by atoms with E-state index >= 15 is 0 Å². The van der Waals surface area contributed by atoms with E-state index in [2.05, 4.69) is 22.1 Å². The van der Waals surface area contributed by atoms with Crippen LogP contribution in [0.15, 0.2) is 23.6 Å². The van der Waals surface area contributed by atoms with Crippen molar-refractivity contribution in [2.45, 2.75) is 44.6 Å². The van der Waals surface area contributed by atoms with Crippen molar-refractivity contribution >= 4 is 28.1 Å². The van der Waals surface area contributed by atoms with Crippen molar-refractivity contribution in [3.05, 3.63) is 29.1 Å². The Labute approximate surface area is 134 Å². The lowest BCUT2D eigenvalue weighted by atomic mass is 10.00. The highest BCUT2D eigenvalue weighted by molar-refractivity contribution is 7.14. The molecular formula is C17H19N3OS. The van der Waals surface area contributed by atoms with E-state index in [1.54, 1.807) is 11.3 Å². The average molecular weight is 313 g/mol. The van der Waals surface area contributed by atoms with Gasteiger partial charge in [0.2, 0.25) is 5.91 Å². The van der Waals surface area contributed by atoms with Crippen LogP contribution in [0.1, 0.15) is 44.1 Å². The monoisotopic (exact) mass is 313 g/mol. The normalized spacial score (nSPS) is 21.0. The van der Waals surface area contributed by atoms with Crippen LogP contribution < -0.4 is 10.6 Å². The zero-order valence-corrected chi connectivity index (χ0v) is 13.4. The summed E-state index contributed by atoms with van der Waals surface area (Å²) in [5.41, 5.74) is 4.07. The molecule has 1 amide bonds. The number of fused-ring (bicyclic) bond motifs is 1. The van der Waals surface area contributed by atoms with Crippen LogP contribution in [0, 0.1) is 0 Å². The molecule has 5 heteroatoms. The molecule has 4 rings (SSSR count). The summed E-state index contributed by atoms with van der Waals surface area (Å²) < 4.78 is 0. The van der Waals surface area contributed by atoms with Crippen molar-refractivity contribution in [1.29, 1.82) is 0 Å². The van der Waals surface area contributed by atoms with Gasteiger partial charge in [-0.15, -0.1) is 11.3 Å². The van der Waals surface area contributed by atoms with Crippen molar-refractivity contribution in [2.75, 3.05) is 10.6 Å². The minimum atomic E-state index is -0.0790. The number of aromatic nitrogens is 1. The van der Waals surface area contributed by atoms with E-state index in [4.69, 9.17) is 4.98 Å². The van der Waals surface area contributed by atoms with Gasteiger partial charge in [-0.05, 0) is 37.5 Å². The van der Waals surface area contributed by atoms with E-state index in [1.165, 1.54) is 25.7 Å². The maximum atomic E-state index is 11.7. The third-order valence-corrected chi connectivity index (χ3v) is 5.43.